The van der Waals surface area contributed by atoms with E-state index in [2.05, 4.69) is 0 Å². The van der Waals surface area contributed by atoms with Crippen molar-refractivity contribution < 1.29 is 18.7 Å². The van der Waals surface area contributed by atoms with Crippen molar-refractivity contribution in [1.29, 1.82) is 0 Å². The molecule has 0 bridgehead atoms. The number of ether oxygens (including phenoxy) is 1. The minimum atomic E-state index is -0.600. The van der Waals surface area contributed by atoms with Crippen LogP contribution in [0.25, 0.3) is 21.9 Å². The number of hydrogen-bond donors (Lipinski definition) is 0. The highest BCUT2D eigenvalue weighted by Gasteiger charge is 2.34. The summed E-state index contributed by atoms with van der Waals surface area (Å²) in [6.45, 7) is 1.85. The number of aryl methyl sites for hydroxylation is 1. The van der Waals surface area contributed by atoms with Crippen LogP contribution in [0.1, 0.15) is 26.3 Å². The van der Waals surface area contributed by atoms with Crippen LogP contribution in [-0.4, -0.2) is 11.9 Å². The maximum atomic E-state index is 11.9. The largest absolute Gasteiger partial charge is 0.456 e. The number of hydrogen-bond acceptors (Lipinski definition) is 4. The van der Waals surface area contributed by atoms with Gasteiger partial charge in [-0.2, -0.15) is 0 Å². The highest BCUT2D eigenvalue weighted by Crippen LogP contribution is 2.37. The number of rotatable bonds is 0. The molecule has 0 saturated carbocycles. The van der Waals surface area contributed by atoms with Gasteiger partial charge in [-0.1, -0.05) is 18.2 Å². The predicted molar refractivity (Wildman–Crippen MR) is 68.2 cm³/mol. The maximum Gasteiger partial charge on any atom is 0.347 e. The topological polar surface area (TPSA) is 56.5 Å². The van der Waals surface area contributed by atoms with Gasteiger partial charge in [0, 0.05) is 10.8 Å². The summed E-state index contributed by atoms with van der Waals surface area (Å²) in [5.41, 5.74) is 2.78. The summed E-state index contributed by atoms with van der Waals surface area (Å²) in [4.78, 5) is 23.5. The van der Waals surface area contributed by atoms with Crippen LogP contribution in [0.5, 0.6) is 0 Å². The molecule has 0 atom stereocenters. The fourth-order valence-corrected chi connectivity index (χ4v) is 2.62. The summed E-state index contributed by atoms with van der Waals surface area (Å²) >= 11 is 0. The highest BCUT2D eigenvalue weighted by molar-refractivity contribution is 6.25. The van der Waals surface area contributed by atoms with Crippen LogP contribution >= 0.6 is 0 Å². The van der Waals surface area contributed by atoms with E-state index in [9.17, 15) is 9.59 Å². The first kappa shape index (κ1) is 10.3. The van der Waals surface area contributed by atoms with Crippen molar-refractivity contribution in [2.45, 2.75) is 6.92 Å². The van der Waals surface area contributed by atoms with Gasteiger partial charge >= 0.3 is 11.9 Å². The van der Waals surface area contributed by atoms with Crippen molar-refractivity contribution in [2.75, 3.05) is 0 Å². The van der Waals surface area contributed by atoms with E-state index in [-0.39, 0.29) is 0 Å². The Morgan fingerprint density at radius 2 is 1.84 bits per heavy atom. The number of furan rings is 1. The Hall–Kier alpha value is -2.62. The Labute approximate surface area is 107 Å². The smallest absolute Gasteiger partial charge is 0.347 e. The lowest BCUT2D eigenvalue weighted by Gasteiger charge is -1.98. The molecule has 1 aliphatic rings. The molecule has 0 spiro atoms. The van der Waals surface area contributed by atoms with Gasteiger partial charge in [0.2, 0.25) is 0 Å². The third-order valence-corrected chi connectivity index (χ3v) is 3.44. The molecule has 19 heavy (non-hydrogen) atoms. The standard InChI is InChI=1S/C15H8O4/c1-7-6-9-12(15(17)19-14(9)16)11-8-4-2-3-5-10(8)18-13(7)11/h2-6H,1H3. The molecule has 0 N–H and O–H groups in total. The van der Waals surface area contributed by atoms with E-state index >= 15 is 0 Å². The second-order valence-corrected chi connectivity index (χ2v) is 4.60. The molecule has 92 valence electrons. The van der Waals surface area contributed by atoms with E-state index in [4.69, 9.17) is 9.15 Å². The molecule has 2 heterocycles. The average molecular weight is 252 g/mol. The second kappa shape index (κ2) is 3.23. The first-order chi connectivity index (χ1) is 9.16. The number of cyclic esters (lactones) is 2. The number of benzene rings is 2. The molecular formula is C15H8O4. The molecule has 4 heteroatoms. The Bertz CT molecular complexity index is 886. The van der Waals surface area contributed by atoms with Crippen molar-refractivity contribution in [3.8, 4) is 0 Å². The molecular weight excluding hydrogens is 244 g/mol. The van der Waals surface area contributed by atoms with Gasteiger partial charge in [-0.3, -0.25) is 0 Å². The van der Waals surface area contributed by atoms with Crippen LogP contribution in [0.4, 0.5) is 0 Å². The third kappa shape index (κ3) is 1.18. The van der Waals surface area contributed by atoms with E-state index in [1.807, 2.05) is 31.2 Å². The molecule has 0 unspecified atom stereocenters. The van der Waals surface area contributed by atoms with Crippen LogP contribution in [-0.2, 0) is 4.74 Å². The molecule has 0 fully saturated rings. The summed E-state index contributed by atoms with van der Waals surface area (Å²) in [6, 6.07) is 9.09. The molecule has 0 radical (unpaired) electrons. The van der Waals surface area contributed by atoms with E-state index in [0.29, 0.717) is 27.7 Å². The van der Waals surface area contributed by atoms with Crippen LogP contribution in [0.3, 0.4) is 0 Å². The molecule has 4 rings (SSSR count). The zero-order valence-electron chi connectivity index (χ0n) is 10.0. The van der Waals surface area contributed by atoms with E-state index in [1.165, 1.54) is 0 Å². The van der Waals surface area contributed by atoms with Crippen LogP contribution < -0.4 is 0 Å². The average Bonchev–Trinajstić information content (AvgIpc) is 2.89. The van der Waals surface area contributed by atoms with Gasteiger partial charge in [-0.15, -0.1) is 0 Å². The molecule has 0 amide bonds. The van der Waals surface area contributed by atoms with Gasteiger partial charge in [0.15, 0.2) is 0 Å². The zero-order valence-corrected chi connectivity index (χ0v) is 10.0. The number of esters is 2. The molecule has 1 aliphatic heterocycles. The van der Waals surface area contributed by atoms with Crippen molar-refractivity contribution in [2.24, 2.45) is 0 Å². The fourth-order valence-electron chi connectivity index (χ4n) is 2.62. The number of fused-ring (bicyclic) bond motifs is 5. The number of carbonyl (C=O) groups is 2. The Morgan fingerprint density at radius 1 is 1.05 bits per heavy atom. The molecule has 1 aromatic heterocycles. The van der Waals surface area contributed by atoms with Crippen molar-refractivity contribution in [1.82, 2.24) is 0 Å². The highest BCUT2D eigenvalue weighted by atomic mass is 16.6. The quantitative estimate of drug-likeness (QED) is 0.455. The van der Waals surface area contributed by atoms with Gasteiger partial charge in [-0.05, 0) is 24.6 Å². The normalized spacial score (nSPS) is 14.2. The van der Waals surface area contributed by atoms with E-state index in [0.717, 1.165) is 10.9 Å². The Kier molecular flexibility index (Phi) is 1.75. The van der Waals surface area contributed by atoms with Crippen molar-refractivity contribution >= 4 is 33.9 Å². The lowest BCUT2D eigenvalue weighted by atomic mass is 9.99. The van der Waals surface area contributed by atoms with Crippen molar-refractivity contribution in [3.63, 3.8) is 0 Å². The fraction of sp³-hybridized carbons (Fsp3) is 0.0667. The van der Waals surface area contributed by atoms with E-state index < -0.39 is 11.9 Å². The minimum Gasteiger partial charge on any atom is -0.456 e. The van der Waals surface area contributed by atoms with E-state index in [1.54, 1.807) is 6.07 Å². The summed E-state index contributed by atoms with van der Waals surface area (Å²) in [6.07, 6.45) is 0. The molecule has 0 aliphatic carbocycles. The van der Waals surface area contributed by atoms with Gasteiger partial charge in [0.1, 0.15) is 11.2 Å². The van der Waals surface area contributed by atoms with Crippen LogP contribution in [0, 0.1) is 6.92 Å². The Morgan fingerprint density at radius 3 is 2.68 bits per heavy atom. The Balaban J connectivity index is 2.33. The molecule has 4 nitrogen and oxygen atoms in total. The summed E-state index contributed by atoms with van der Waals surface area (Å²) in [5.74, 6) is -1.19. The van der Waals surface area contributed by atoms with Gasteiger partial charge in [0.05, 0.1) is 11.1 Å². The van der Waals surface area contributed by atoms with Crippen LogP contribution in [0.15, 0.2) is 34.7 Å². The lowest BCUT2D eigenvalue weighted by molar-refractivity contribution is 0.0444. The van der Waals surface area contributed by atoms with Gasteiger partial charge in [0.25, 0.3) is 0 Å². The minimum absolute atomic E-state index is 0.315. The number of carbonyl (C=O) groups excluding carboxylic acids is 2. The molecule has 0 saturated heterocycles. The summed E-state index contributed by atoms with van der Waals surface area (Å²) in [5, 5.41) is 1.49. The predicted octanol–water partition coefficient (Wildman–Crippen LogP) is 3.21. The zero-order chi connectivity index (χ0) is 13.1. The second-order valence-electron chi connectivity index (χ2n) is 4.60. The van der Waals surface area contributed by atoms with Gasteiger partial charge < -0.3 is 9.15 Å². The monoisotopic (exact) mass is 252 g/mol. The van der Waals surface area contributed by atoms with Gasteiger partial charge in [-0.25, -0.2) is 9.59 Å². The lowest BCUT2D eigenvalue weighted by Crippen LogP contribution is -1.97. The van der Waals surface area contributed by atoms with Crippen molar-refractivity contribution in [3.05, 3.63) is 47.0 Å². The maximum absolute atomic E-state index is 11.9. The molecule has 2 aromatic carbocycles. The number of para-hydroxylation sites is 1. The third-order valence-electron chi connectivity index (χ3n) is 3.44. The van der Waals surface area contributed by atoms with Crippen LogP contribution in [0.2, 0.25) is 0 Å². The SMILES string of the molecule is Cc1cc2c(c3c1oc1ccccc13)C(=O)OC2=O. The first-order valence-electron chi connectivity index (χ1n) is 5.88. The first-order valence-corrected chi connectivity index (χ1v) is 5.88. The molecule has 3 aromatic rings. The summed E-state index contributed by atoms with van der Waals surface area (Å²) < 4.78 is 10.5. The summed E-state index contributed by atoms with van der Waals surface area (Å²) in [7, 11) is 0.